The number of aliphatic hydroxyl groups is 1. The highest BCUT2D eigenvalue weighted by atomic mass is 16.3. The smallest absolute Gasteiger partial charge is 0.0578 e. The molecule has 0 aliphatic heterocycles. The number of hydrogen-bond donors (Lipinski definition) is 1. The third kappa shape index (κ3) is 4.14. The highest BCUT2D eigenvalue weighted by Gasteiger charge is 2.04. The second kappa shape index (κ2) is 5.78. The van der Waals surface area contributed by atoms with Gasteiger partial charge in [0.1, 0.15) is 0 Å². The molecule has 12 heavy (non-hydrogen) atoms. The molecular weight excluding hydrogens is 148 g/mol. The molecule has 0 aliphatic rings. The molecule has 0 heterocycles. The van der Waals surface area contributed by atoms with Crippen LogP contribution in [0.15, 0.2) is 36.5 Å². The Balaban J connectivity index is 4.24. The van der Waals surface area contributed by atoms with Gasteiger partial charge in [-0.2, -0.15) is 0 Å². The van der Waals surface area contributed by atoms with E-state index in [4.69, 9.17) is 0 Å². The third-order valence-electron chi connectivity index (χ3n) is 1.79. The largest absolute Gasteiger partial charge is 0.393 e. The van der Waals surface area contributed by atoms with Gasteiger partial charge in [0.05, 0.1) is 6.10 Å². The quantitative estimate of drug-likeness (QED) is 0.623. The fraction of sp³-hybridized carbons (Fsp3) is 0.455. The van der Waals surface area contributed by atoms with Gasteiger partial charge in [-0.05, 0) is 25.3 Å². The maximum atomic E-state index is 9.39. The predicted octanol–water partition coefficient (Wildman–Crippen LogP) is 2.84. The van der Waals surface area contributed by atoms with Gasteiger partial charge in [0.2, 0.25) is 0 Å². The SMILES string of the molecule is C=C/C=C(/CC(O)CC)C(=C)C. The first-order chi connectivity index (χ1) is 5.61. The van der Waals surface area contributed by atoms with E-state index < -0.39 is 0 Å². The van der Waals surface area contributed by atoms with Crippen LogP contribution in [0.3, 0.4) is 0 Å². The van der Waals surface area contributed by atoms with Crippen molar-refractivity contribution in [3.05, 3.63) is 36.5 Å². The van der Waals surface area contributed by atoms with Crippen LogP contribution in [-0.4, -0.2) is 11.2 Å². The molecule has 0 saturated carbocycles. The topological polar surface area (TPSA) is 20.2 Å². The minimum Gasteiger partial charge on any atom is -0.393 e. The molecule has 1 unspecified atom stereocenters. The van der Waals surface area contributed by atoms with Crippen LogP contribution in [0, 0.1) is 0 Å². The first-order valence-corrected chi connectivity index (χ1v) is 4.27. The predicted molar refractivity (Wildman–Crippen MR) is 54.0 cm³/mol. The molecule has 0 aromatic rings. The van der Waals surface area contributed by atoms with Gasteiger partial charge >= 0.3 is 0 Å². The Morgan fingerprint density at radius 1 is 1.58 bits per heavy atom. The number of aliphatic hydroxyl groups excluding tert-OH is 1. The summed E-state index contributed by atoms with van der Waals surface area (Å²) >= 11 is 0. The van der Waals surface area contributed by atoms with Crippen molar-refractivity contribution in [2.24, 2.45) is 0 Å². The van der Waals surface area contributed by atoms with Crippen molar-refractivity contribution >= 4 is 0 Å². The van der Waals surface area contributed by atoms with Gasteiger partial charge in [-0.3, -0.25) is 0 Å². The summed E-state index contributed by atoms with van der Waals surface area (Å²) in [7, 11) is 0. The van der Waals surface area contributed by atoms with Crippen LogP contribution in [0.25, 0.3) is 0 Å². The molecule has 0 aromatic carbocycles. The molecule has 0 saturated heterocycles. The van der Waals surface area contributed by atoms with E-state index in [-0.39, 0.29) is 6.10 Å². The Morgan fingerprint density at radius 2 is 2.17 bits per heavy atom. The molecule has 68 valence electrons. The van der Waals surface area contributed by atoms with Crippen molar-refractivity contribution in [2.45, 2.75) is 32.8 Å². The first-order valence-electron chi connectivity index (χ1n) is 4.27. The van der Waals surface area contributed by atoms with Gasteiger partial charge in [0, 0.05) is 0 Å². The normalized spacial score (nSPS) is 14.1. The Kier molecular flexibility index (Phi) is 5.39. The molecule has 0 rings (SSSR count). The lowest BCUT2D eigenvalue weighted by Gasteiger charge is -2.10. The molecule has 0 fully saturated rings. The summed E-state index contributed by atoms with van der Waals surface area (Å²) in [6.07, 6.45) is 4.83. The zero-order valence-electron chi connectivity index (χ0n) is 8.01. The Hall–Kier alpha value is -0.820. The van der Waals surface area contributed by atoms with Crippen molar-refractivity contribution in [3.8, 4) is 0 Å². The van der Waals surface area contributed by atoms with E-state index >= 15 is 0 Å². The summed E-state index contributed by atoms with van der Waals surface area (Å²) in [5.41, 5.74) is 2.08. The fourth-order valence-corrected chi connectivity index (χ4v) is 0.925. The summed E-state index contributed by atoms with van der Waals surface area (Å²) in [5.74, 6) is 0. The van der Waals surface area contributed by atoms with Gasteiger partial charge in [0.25, 0.3) is 0 Å². The van der Waals surface area contributed by atoms with E-state index in [9.17, 15) is 5.11 Å². The first kappa shape index (κ1) is 11.2. The van der Waals surface area contributed by atoms with E-state index in [0.29, 0.717) is 6.42 Å². The third-order valence-corrected chi connectivity index (χ3v) is 1.79. The summed E-state index contributed by atoms with van der Waals surface area (Å²) in [6, 6.07) is 0. The van der Waals surface area contributed by atoms with E-state index in [1.54, 1.807) is 6.08 Å². The van der Waals surface area contributed by atoms with Crippen LogP contribution in [0.4, 0.5) is 0 Å². The van der Waals surface area contributed by atoms with E-state index in [2.05, 4.69) is 13.2 Å². The molecule has 1 atom stereocenters. The zero-order valence-corrected chi connectivity index (χ0v) is 8.01. The van der Waals surface area contributed by atoms with Crippen LogP contribution in [0.2, 0.25) is 0 Å². The lowest BCUT2D eigenvalue weighted by Crippen LogP contribution is -2.05. The number of rotatable bonds is 5. The molecule has 0 aliphatic carbocycles. The van der Waals surface area contributed by atoms with Gasteiger partial charge in [0.15, 0.2) is 0 Å². The fourth-order valence-electron chi connectivity index (χ4n) is 0.925. The lowest BCUT2D eigenvalue weighted by molar-refractivity contribution is 0.171. The van der Waals surface area contributed by atoms with Crippen LogP contribution >= 0.6 is 0 Å². The molecule has 0 bridgehead atoms. The Labute approximate surface area is 75.1 Å². The van der Waals surface area contributed by atoms with Crippen molar-refractivity contribution in [1.29, 1.82) is 0 Å². The van der Waals surface area contributed by atoms with Crippen molar-refractivity contribution in [1.82, 2.24) is 0 Å². The average Bonchev–Trinajstić information content (AvgIpc) is 2.03. The highest BCUT2D eigenvalue weighted by Crippen LogP contribution is 2.15. The average molecular weight is 166 g/mol. The summed E-state index contributed by atoms with van der Waals surface area (Å²) < 4.78 is 0. The van der Waals surface area contributed by atoms with Crippen molar-refractivity contribution in [3.63, 3.8) is 0 Å². The Morgan fingerprint density at radius 3 is 2.50 bits per heavy atom. The van der Waals surface area contributed by atoms with Crippen molar-refractivity contribution < 1.29 is 5.11 Å². The molecule has 0 spiro atoms. The monoisotopic (exact) mass is 166 g/mol. The summed E-state index contributed by atoms with van der Waals surface area (Å²) in [6.45, 7) is 11.4. The minimum atomic E-state index is -0.257. The maximum absolute atomic E-state index is 9.39. The second-order valence-electron chi connectivity index (χ2n) is 2.97. The molecule has 1 nitrogen and oxygen atoms in total. The van der Waals surface area contributed by atoms with Crippen LogP contribution < -0.4 is 0 Å². The zero-order chi connectivity index (χ0) is 9.56. The van der Waals surface area contributed by atoms with Crippen LogP contribution in [0.5, 0.6) is 0 Å². The van der Waals surface area contributed by atoms with E-state index in [1.165, 1.54) is 0 Å². The van der Waals surface area contributed by atoms with Crippen molar-refractivity contribution in [2.75, 3.05) is 0 Å². The van der Waals surface area contributed by atoms with Gasteiger partial charge in [-0.15, -0.1) is 0 Å². The second-order valence-corrected chi connectivity index (χ2v) is 2.97. The van der Waals surface area contributed by atoms with E-state index in [0.717, 1.165) is 17.6 Å². The molecule has 1 N–H and O–H groups in total. The molecule has 0 amide bonds. The van der Waals surface area contributed by atoms with Gasteiger partial charge in [-0.1, -0.05) is 37.8 Å². The van der Waals surface area contributed by atoms with Gasteiger partial charge < -0.3 is 5.11 Å². The lowest BCUT2D eigenvalue weighted by atomic mass is 10.0. The minimum absolute atomic E-state index is 0.257. The van der Waals surface area contributed by atoms with Crippen LogP contribution in [-0.2, 0) is 0 Å². The highest BCUT2D eigenvalue weighted by molar-refractivity contribution is 5.29. The Bertz CT molecular complexity index is 189. The molecular formula is C11H18O. The summed E-state index contributed by atoms with van der Waals surface area (Å²) in [4.78, 5) is 0. The van der Waals surface area contributed by atoms with Crippen LogP contribution in [0.1, 0.15) is 26.7 Å². The molecule has 0 aromatic heterocycles. The maximum Gasteiger partial charge on any atom is 0.0578 e. The van der Waals surface area contributed by atoms with E-state index in [1.807, 2.05) is 19.9 Å². The molecule has 1 heteroatoms. The van der Waals surface area contributed by atoms with Gasteiger partial charge in [-0.25, -0.2) is 0 Å². The molecule has 0 radical (unpaired) electrons. The summed E-state index contributed by atoms with van der Waals surface area (Å²) in [5, 5.41) is 9.39. The number of hydrogen-bond acceptors (Lipinski definition) is 1. The standard InChI is InChI=1S/C11H18O/c1-5-7-10(9(3)4)8-11(12)6-2/h5,7,11-12H,1,3,6,8H2,2,4H3/b10-7-. The number of allylic oxidation sites excluding steroid dienone is 3.